The van der Waals surface area contributed by atoms with Crippen molar-refractivity contribution in [3.05, 3.63) is 59.4 Å². The van der Waals surface area contributed by atoms with Crippen LogP contribution in [0.5, 0.6) is 5.75 Å². The highest BCUT2D eigenvalue weighted by Gasteiger charge is 2.27. The molecule has 0 atom stereocenters. The van der Waals surface area contributed by atoms with Crippen LogP contribution in [0, 0.1) is 5.82 Å². The second-order valence-electron chi connectivity index (χ2n) is 5.44. The zero-order chi connectivity index (χ0) is 20.9. The van der Waals surface area contributed by atoms with Gasteiger partial charge in [0.15, 0.2) is 6.61 Å². The molecular formula is C18H18FNO7S. The predicted molar refractivity (Wildman–Crippen MR) is 96.0 cm³/mol. The van der Waals surface area contributed by atoms with Gasteiger partial charge in [-0.25, -0.2) is 17.6 Å². The number of carbonyl (C=O) groups is 2. The third kappa shape index (κ3) is 4.53. The zero-order valence-electron chi connectivity index (χ0n) is 15.3. The minimum atomic E-state index is -4.11. The SMILES string of the molecule is COc1ccc(C(=O)OCC(=O)c2ccccc2F)cc1S(=O)(=O)N(C)OC. The molecule has 2 aromatic carbocycles. The fourth-order valence-electron chi connectivity index (χ4n) is 2.22. The molecule has 0 bridgehead atoms. The van der Waals surface area contributed by atoms with Gasteiger partial charge in [-0.2, -0.15) is 0 Å². The second kappa shape index (κ2) is 8.91. The van der Waals surface area contributed by atoms with Crippen LogP contribution in [0.2, 0.25) is 0 Å². The van der Waals surface area contributed by atoms with Crippen molar-refractivity contribution in [1.29, 1.82) is 0 Å². The van der Waals surface area contributed by atoms with Crippen LogP contribution in [-0.4, -0.2) is 52.5 Å². The fourth-order valence-corrected chi connectivity index (χ4v) is 3.38. The summed E-state index contributed by atoms with van der Waals surface area (Å²) in [4.78, 5) is 28.6. The van der Waals surface area contributed by atoms with E-state index < -0.39 is 34.2 Å². The molecule has 0 spiro atoms. The molecule has 0 aliphatic carbocycles. The van der Waals surface area contributed by atoms with Gasteiger partial charge in [-0.05, 0) is 30.3 Å². The van der Waals surface area contributed by atoms with Crippen LogP contribution >= 0.6 is 0 Å². The number of methoxy groups -OCH3 is 1. The lowest BCUT2D eigenvalue weighted by Crippen LogP contribution is -2.26. The molecule has 0 aromatic heterocycles. The molecule has 0 fully saturated rings. The van der Waals surface area contributed by atoms with Gasteiger partial charge in [0.25, 0.3) is 10.0 Å². The molecule has 0 radical (unpaired) electrons. The van der Waals surface area contributed by atoms with Crippen LogP contribution in [0.4, 0.5) is 4.39 Å². The number of esters is 1. The monoisotopic (exact) mass is 411 g/mol. The minimum Gasteiger partial charge on any atom is -0.495 e. The minimum absolute atomic E-state index is 0.0112. The van der Waals surface area contributed by atoms with E-state index in [4.69, 9.17) is 14.3 Å². The molecule has 10 heteroatoms. The predicted octanol–water partition coefficient (Wildman–Crippen LogP) is 2.06. The summed E-state index contributed by atoms with van der Waals surface area (Å²) < 4.78 is 49.1. The van der Waals surface area contributed by atoms with Gasteiger partial charge in [0, 0.05) is 7.05 Å². The number of rotatable bonds is 8. The largest absolute Gasteiger partial charge is 0.495 e. The van der Waals surface area contributed by atoms with E-state index in [1.165, 1.54) is 44.5 Å². The molecule has 0 saturated heterocycles. The average Bonchev–Trinajstić information content (AvgIpc) is 2.70. The number of nitrogens with zero attached hydrogens (tertiary/aromatic N) is 1. The summed E-state index contributed by atoms with van der Waals surface area (Å²) in [6, 6.07) is 8.87. The lowest BCUT2D eigenvalue weighted by atomic mass is 10.1. The van der Waals surface area contributed by atoms with Gasteiger partial charge in [-0.15, -0.1) is 0 Å². The maximum Gasteiger partial charge on any atom is 0.338 e. The Labute approximate surface area is 161 Å². The van der Waals surface area contributed by atoms with Gasteiger partial charge < -0.3 is 9.47 Å². The van der Waals surface area contributed by atoms with Crippen molar-refractivity contribution in [2.45, 2.75) is 4.90 Å². The number of carbonyl (C=O) groups excluding carboxylic acids is 2. The summed E-state index contributed by atoms with van der Waals surface area (Å²) in [6.07, 6.45) is 0. The summed E-state index contributed by atoms with van der Waals surface area (Å²) in [5, 5.41) is 0. The molecule has 0 unspecified atom stereocenters. The van der Waals surface area contributed by atoms with Crippen LogP contribution in [0.1, 0.15) is 20.7 Å². The average molecular weight is 411 g/mol. The van der Waals surface area contributed by atoms with Gasteiger partial charge in [0.2, 0.25) is 5.78 Å². The normalized spacial score (nSPS) is 11.3. The molecule has 0 amide bonds. The van der Waals surface area contributed by atoms with E-state index in [2.05, 4.69) is 0 Å². The summed E-state index contributed by atoms with van der Waals surface area (Å²) in [5.41, 5.74) is -0.347. The van der Waals surface area contributed by atoms with E-state index >= 15 is 0 Å². The smallest absolute Gasteiger partial charge is 0.338 e. The van der Waals surface area contributed by atoms with Crippen molar-refractivity contribution in [2.75, 3.05) is 27.9 Å². The molecule has 2 rings (SSSR count). The van der Waals surface area contributed by atoms with Crippen molar-refractivity contribution >= 4 is 21.8 Å². The van der Waals surface area contributed by atoms with Crippen LogP contribution in [0.3, 0.4) is 0 Å². The summed E-state index contributed by atoms with van der Waals surface area (Å²) >= 11 is 0. The Morgan fingerprint density at radius 1 is 1.11 bits per heavy atom. The van der Waals surface area contributed by atoms with Crippen molar-refractivity contribution in [1.82, 2.24) is 4.47 Å². The number of benzene rings is 2. The van der Waals surface area contributed by atoms with Gasteiger partial charge in [-0.3, -0.25) is 9.63 Å². The Morgan fingerprint density at radius 2 is 1.79 bits per heavy atom. The van der Waals surface area contributed by atoms with E-state index in [0.29, 0.717) is 4.47 Å². The van der Waals surface area contributed by atoms with Crippen molar-refractivity contribution in [3.63, 3.8) is 0 Å². The van der Waals surface area contributed by atoms with Crippen LogP contribution in [0.25, 0.3) is 0 Å². The van der Waals surface area contributed by atoms with Gasteiger partial charge >= 0.3 is 5.97 Å². The maximum absolute atomic E-state index is 13.6. The first-order valence-electron chi connectivity index (χ1n) is 7.88. The Balaban J connectivity index is 2.23. The first-order valence-corrected chi connectivity index (χ1v) is 9.32. The quantitative estimate of drug-likeness (QED) is 0.372. The van der Waals surface area contributed by atoms with Crippen molar-refractivity contribution in [3.8, 4) is 5.75 Å². The molecule has 0 saturated carbocycles. The molecule has 0 aliphatic heterocycles. The van der Waals surface area contributed by atoms with E-state index in [0.717, 1.165) is 19.2 Å². The third-order valence-corrected chi connectivity index (χ3v) is 5.48. The number of hydrogen-bond acceptors (Lipinski definition) is 7. The van der Waals surface area contributed by atoms with E-state index in [-0.39, 0.29) is 21.8 Å². The Kier molecular flexibility index (Phi) is 6.84. The highest BCUT2D eigenvalue weighted by molar-refractivity contribution is 7.89. The molecule has 8 nitrogen and oxygen atoms in total. The number of Topliss-reactive ketones (excluding diaryl/α,β-unsaturated/α-hetero) is 1. The molecule has 28 heavy (non-hydrogen) atoms. The first kappa shape index (κ1) is 21.5. The molecule has 0 aliphatic rings. The highest BCUT2D eigenvalue weighted by Crippen LogP contribution is 2.27. The summed E-state index contributed by atoms with van der Waals surface area (Å²) in [5.74, 6) is -2.43. The summed E-state index contributed by atoms with van der Waals surface area (Å²) in [7, 11) is -0.499. The Hall–Kier alpha value is -2.82. The van der Waals surface area contributed by atoms with Gasteiger partial charge in [0.1, 0.15) is 16.5 Å². The lowest BCUT2D eigenvalue weighted by Gasteiger charge is -2.17. The molecule has 0 N–H and O–H groups in total. The third-order valence-electron chi connectivity index (χ3n) is 3.78. The second-order valence-corrected chi connectivity index (χ2v) is 7.35. The van der Waals surface area contributed by atoms with Crippen molar-refractivity contribution in [2.24, 2.45) is 0 Å². The van der Waals surface area contributed by atoms with Gasteiger partial charge in [0.05, 0.1) is 25.3 Å². The van der Waals surface area contributed by atoms with Crippen molar-refractivity contribution < 1.29 is 36.7 Å². The molecule has 2 aromatic rings. The van der Waals surface area contributed by atoms with Gasteiger partial charge in [-0.1, -0.05) is 16.6 Å². The fraction of sp³-hybridized carbons (Fsp3) is 0.222. The number of sulfonamides is 1. The number of hydrogen-bond donors (Lipinski definition) is 0. The lowest BCUT2D eigenvalue weighted by molar-refractivity contribution is -0.0259. The number of ether oxygens (including phenoxy) is 2. The van der Waals surface area contributed by atoms with Crippen LogP contribution in [0.15, 0.2) is 47.4 Å². The molecule has 150 valence electrons. The Morgan fingerprint density at radius 3 is 2.39 bits per heavy atom. The highest BCUT2D eigenvalue weighted by atomic mass is 32.2. The summed E-state index contributed by atoms with van der Waals surface area (Å²) in [6.45, 7) is -0.703. The molecule has 0 heterocycles. The number of hydroxylamine groups is 1. The number of halogens is 1. The van der Waals surface area contributed by atoms with E-state index in [9.17, 15) is 22.4 Å². The number of ketones is 1. The standard InChI is InChI=1S/C18H18FNO7S/c1-20(26-3)28(23,24)17-10-12(8-9-16(17)25-2)18(22)27-11-15(21)13-6-4-5-7-14(13)19/h4-10H,11H2,1-3H3. The van der Waals surface area contributed by atoms with E-state index in [1.54, 1.807) is 0 Å². The first-order chi connectivity index (χ1) is 13.2. The zero-order valence-corrected chi connectivity index (χ0v) is 16.2. The Bertz CT molecular complexity index is 991. The van der Waals surface area contributed by atoms with E-state index in [1.807, 2.05) is 0 Å². The molecular weight excluding hydrogens is 393 g/mol. The topological polar surface area (TPSA) is 99.2 Å². The maximum atomic E-state index is 13.6. The van der Waals surface area contributed by atoms with Crippen LogP contribution in [-0.2, 0) is 19.6 Å². The van der Waals surface area contributed by atoms with Crippen LogP contribution < -0.4 is 4.74 Å².